The molecule has 0 saturated carbocycles. The van der Waals surface area contributed by atoms with Gasteiger partial charge in [-0.2, -0.15) is 0 Å². The summed E-state index contributed by atoms with van der Waals surface area (Å²) in [6.07, 6.45) is 3.09. The zero-order valence-electron chi connectivity index (χ0n) is 10.9. The number of piperidine rings is 1. The highest BCUT2D eigenvalue weighted by molar-refractivity contribution is 5.33. The molecular formula is C13H22N4. The molecule has 3 unspecified atom stereocenters. The summed E-state index contributed by atoms with van der Waals surface area (Å²) >= 11 is 0. The van der Waals surface area contributed by atoms with E-state index >= 15 is 0 Å². The number of nitrogens with zero attached hydrogens (tertiary/aromatic N) is 3. The van der Waals surface area contributed by atoms with Gasteiger partial charge in [0.05, 0.1) is 5.69 Å². The SMILES string of the molecule is CC1CC(C)C(C)N(c2nccc(CN)n2)C1. The first-order chi connectivity index (χ1) is 8.11. The number of hydrogen-bond donors (Lipinski definition) is 1. The Morgan fingerprint density at radius 1 is 1.41 bits per heavy atom. The van der Waals surface area contributed by atoms with Crippen LogP contribution in [0.4, 0.5) is 5.95 Å². The van der Waals surface area contributed by atoms with E-state index in [0.29, 0.717) is 24.4 Å². The van der Waals surface area contributed by atoms with Crippen LogP contribution in [-0.2, 0) is 6.54 Å². The largest absolute Gasteiger partial charge is 0.338 e. The average molecular weight is 234 g/mol. The zero-order valence-corrected chi connectivity index (χ0v) is 10.9. The summed E-state index contributed by atoms with van der Waals surface area (Å²) in [5, 5.41) is 0. The predicted octanol–water partition coefficient (Wildman–Crippen LogP) is 1.81. The molecule has 1 aromatic heterocycles. The lowest BCUT2D eigenvalue weighted by Crippen LogP contribution is -2.46. The van der Waals surface area contributed by atoms with E-state index in [1.54, 1.807) is 6.20 Å². The van der Waals surface area contributed by atoms with Crippen LogP contribution in [-0.4, -0.2) is 22.6 Å². The fourth-order valence-electron chi connectivity index (χ4n) is 2.62. The third-order valence-electron chi connectivity index (χ3n) is 3.76. The summed E-state index contributed by atoms with van der Waals surface area (Å²) in [7, 11) is 0. The third kappa shape index (κ3) is 2.57. The van der Waals surface area contributed by atoms with Gasteiger partial charge in [-0.05, 0) is 31.2 Å². The maximum Gasteiger partial charge on any atom is 0.225 e. The number of rotatable bonds is 2. The van der Waals surface area contributed by atoms with Crippen molar-refractivity contribution < 1.29 is 0 Å². The first-order valence-corrected chi connectivity index (χ1v) is 6.40. The second kappa shape index (κ2) is 5.00. The molecule has 17 heavy (non-hydrogen) atoms. The highest BCUT2D eigenvalue weighted by atomic mass is 15.3. The Bertz CT molecular complexity index is 379. The van der Waals surface area contributed by atoms with Crippen LogP contribution >= 0.6 is 0 Å². The summed E-state index contributed by atoms with van der Waals surface area (Å²) in [6.45, 7) is 8.37. The van der Waals surface area contributed by atoms with E-state index in [4.69, 9.17) is 5.73 Å². The van der Waals surface area contributed by atoms with Crippen LogP contribution < -0.4 is 10.6 Å². The van der Waals surface area contributed by atoms with Crippen LogP contribution in [0.2, 0.25) is 0 Å². The van der Waals surface area contributed by atoms with Crippen molar-refractivity contribution in [3.05, 3.63) is 18.0 Å². The molecule has 0 spiro atoms. The summed E-state index contributed by atoms with van der Waals surface area (Å²) in [6, 6.07) is 2.38. The molecule has 0 amide bonds. The number of anilines is 1. The highest BCUT2D eigenvalue weighted by Gasteiger charge is 2.30. The van der Waals surface area contributed by atoms with E-state index in [1.807, 2.05) is 6.07 Å². The van der Waals surface area contributed by atoms with Crippen LogP contribution in [0.1, 0.15) is 32.9 Å². The van der Waals surface area contributed by atoms with Crippen molar-refractivity contribution in [3.8, 4) is 0 Å². The van der Waals surface area contributed by atoms with Gasteiger partial charge in [-0.15, -0.1) is 0 Å². The van der Waals surface area contributed by atoms with Gasteiger partial charge in [0.25, 0.3) is 0 Å². The second-order valence-electron chi connectivity index (χ2n) is 5.26. The summed E-state index contributed by atoms with van der Waals surface area (Å²) in [5.41, 5.74) is 6.54. The lowest BCUT2D eigenvalue weighted by atomic mass is 9.86. The standard InChI is InChI=1S/C13H22N4/c1-9-6-10(2)11(3)17(8-9)13-15-5-4-12(7-14)16-13/h4-5,9-11H,6-8,14H2,1-3H3. The van der Waals surface area contributed by atoms with E-state index in [-0.39, 0.29) is 0 Å². The highest BCUT2D eigenvalue weighted by Crippen LogP contribution is 2.29. The molecule has 0 bridgehead atoms. The van der Waals surface area contributed by atoms with Gasteiger partial charge < -0.3 is 10.6 Å². The number of nitrogens with two attached hydrogens (primary N) is 1. The molecule has 4 heteroatoms. The predicted molar refractivity (Wildman–Crippen MR) is 69.7 cm³/mol. The quantitative estimate of drug-likeness (QED) is 0.848. The van der Waals surface area contributed by atoms with E-state index in [0.717, 1.165) is 18.2 Å². The minimum absolute atomic E-state index is 0.475. The Labute approximate surface area is 103 Å². The van der Waals surface area contributed by atoms with Crippen molar-refractivity contribution >= 4 is 5.95 Å². The topological polar surface area (TPSA) is 55.0 Å². The third-order valence-corrected chi connectivity index (χ3v) is 3.76. The van der Waals surface area contributed by atoms with E-state index in [2.05, 4.69) is 35.6 Å². The van der Waals surface area contributed by atoms with E-state index < -0.39 is 0 Å². The van der Waals surface area contributed by atoms with Gasteiger partial charge in [-0.1, -0.05) is 13.8 Å². The van der Waals surface area contributed by atoms with Crippen LogP contribution in [0, 0.1) is 11.8 Å². The smallest absolute Gasteiger partial charge is 0.225 e. The zero-order chi connectivity index (χ0) is 12.4. The monoisotopic (exact) mass is 234 g/mol. The molecule has 1 aromatic rings. The molecule has 0 aromatic carbocycles. The summed E-state index contributed by atoms with van der Waals surface area (Å²) in [4.78, 5) is 11.2. The molecule has 2 N–H and O–H groups in total. The minimum atomic E-state index is 0.475. The Hall–Kier alpha value is -1.16. The van der Waals surface area contributed by atoms with Crippen LogP contribution in [0.25, 0.3) is 0 Å². The Morgan fingerprint density at radius 2 is 2.18 bits per heavy atom. The van der Waals surface area contributed by atoms with Crippen LogP contribution in [0.5, 0.6) is 0 Å². The fraction of sp³-hybridized carbons (Fsp3) is 0.692. The van der Waals surface area contributed by atoms with Crippen LogP contribution in [0.3, 0.4) is 0 Å². The first-order valence-electron chi connectivity index (χ1n) is 6.40. The molecule has 1 aliphatic rings. The molecule has 2 rings (SSSR count). The number of hydrogen-bond acceptors (Lipinski definition) is 4. The minimum Gasteiger partial charge on any atom is -0.338 e. The Morgan fingerprint density at radius 3 is 2.88 bits per heavy atom. The Kier molecular flexibility index (Phi) is 3.62. The molecule has 0 radical (unpaired) electrons. The van der Waals surface area contributed by atoms with E-state index in [9.17, 15) is 0 Å². The molecule has 0 aliphatic carbocycles. The van der Waals surface area contributed by atoms with Crippen molar-refractivity contribution in [3.63, 3.8) is 0 Å². The van der Waals surface area contributed by atoms with Crippen molar-refractivity contribution in [2.45, 2.75) is 39.8 Å². The van der Waals surface area contributed by atoms with Gasteiger partial charge in [0, 0.05) is 25.3 Å². The maximum atomic E-state index is 5.63. The lowest BCUT2D eigenvalue weighted by molar-refractivity contribution is 0.293. The molecule has 1 fully saturated rings. The van der Waals surface area contributed by atoms with Crippen molar-refractivity contribution in [2.24, 2.45) is 17.6 Å². The van der Waals surface area contributed by atoms with Gasteiger partial charge in [0.15, 0.2) is 0 Å². The van der Waals surface area contributed by atoms with Gasteiger partial charge in [0.1, 0.15) is 0 Å². The van der Waals surface area contributed by atoms with E-state index in [1.165, 1.54) is 6.42 Å². The van der Waals surface area contributed by atoms with Crippen molar-refractivity contribution in [2.75, 3.05) is 11.4 Å². The average Bonchev–Trinajstić information content (AvgIpc) is 2.34. The number of aromatic nitrogens is 2. The molecule has 1 saturated heterocycles. The lowest BCUT2D eigenvalue weighted by Gasteiger charge is -2.41. The van der Waals surface area contributed by atoms with Gasteiger partial charge >= 0.3 is 0 Å². The second-order valence-corrected chi connectivity index (χ2v) is 5.26. The van der Waals surface area contributed by atoms with Gasteiger partial charge in [-0.3, -0.25) is 0 Å². The summed E-state index contributed by atoms with van der Waals surface area (Å²) in [5.74, 6) is 2.22. The molecule has 2 heterocycles. The first kappa shape index (κ1) is 12.3. The molecule has 1 aliphatic heterocycles. The maximum absolute atomic E-state index is 5.63. The van der Waals surface area contributed by atoms with Crippen LogP contribution in [0.15, 0.2) is 12.3 Å². The Balaban J connectivity index is 2.24. The fourth-order valence-corrected chi connectivity index (χ4v) is 2.62. The molecule has 94 valence electrons. The normalized spacial score (nSPS) is 29.4. The van der Waals surface area contributed by atoms with Gasteiger partial charge in [0.2, 0.25) is 5.95 Å². The van der Waals surface area contributed by atoms with Gasteiger partial charge in [-0.25, -0.2) is 9.97 Å². The molecule has 4 nitrogen and oxygen atoms in total. The summed E-state index contributed by atoms with van der Waals surface area (Å²) < 4.78 is 0. The van der Waals surface area contributed by atoms with Crippen molar-refractivity contribution in [1.29, 1.82) is 0 Å². The molecular weight excluding hydrogens is 212 g/mol. The van der Waals surface area contributed by atoms with Crippen molar-refractivity contribution in [1.82, 2.24) is 9.97 Å². The molecule has 3 atom stereocenters.